The van der Waals surface area contributed by atoms with Crippen LogP contribution in [0.15, 0.2) is 23.8 Å². The zero-order chi connectivity index (χ0) is 21.3. The molecule has 1 aromatic rings. The molecule has 0 aliphatic heterocycles. The third-order valence-corrected chi connectivity index (χ3v) is 4.95. The van der Waals surface area contributed by atoms with Gasteiger partial charge in [-0.15, -0.1) is 0 Å². The molecule has 0 bridgehead atoms. The number of hydrogen-bond acceptors (Lipinski definition) is 4. The number of methoxy groups -OCH3 is 2. The van der Waals surface area contributed by atoms with Crippen molar-refractivity contribution in [3.05, 3.63) is 29.3 Å². The molecule has 0 atom stereocenters. The van der Waals surface area contributed by atoms with Crippen LogP contribution in [0, 0.1) is 0 Å². The van der Waals surface area contributed by atoms with Crippen LogP contribution < -0.4 is 9.47 Å². The van der Waals surface area contributed by atoms with E-state index in [0.717, 1.165) is 74.7 Å². The fraction of sp³-hybridized carbons (Fsp3) is 0.680. The summed E-state index contributed by atoms with van der Waals surface area (Å²) in [6.07, 6.45) is 10.3. The number of ether oxygens (including phenoxy) is 4. The highest BCUT2D eigenvalue weighted by atomic mass is 16.5. The van der Waals surface area contributed by atoms with E-state index in [1.165, 1.54) is 31.3 Å². The quantitative estimate of drug-likeness (QED) is 0.246. The third-order valence-electron chi connectivity index (χ3n) is 4.95. The van der Waals surface area contributed by atoms with Crippen LogP contribution in [-0.2, 0) is 9.47 Å². The van der Waals surface area contributed by atoms with Crippen LogP contribution in [0.3, 0.4) is 0 Å². The molecule has 1 aliphatic carbocycles. The fourth-order valence-corrected chi connectivity index (χ4v) is 3.13. The van der Waals surface area contributed by atoms with Crippen molar-refractivity contribution in [2.75, 3.05) is 34.0 Å². The fourth-order valence-electron chi connectivity index (χ4n) is 3.13. The van der Waals surface area contributed by atoms with Crippen molar-refractivity contribution >= 4 is 5.76 Å². The van der Waals surface area contributed by atoms with Crippen molar-refractivity contribution in [1.29, 1.82) is 0 Å². The molecule has 0 unspecified atom stereocenters. The molecule has 1 saturated carbocycles. The van der Waals surface area contributed by atoms with Gasteiger partial charge in [0.05, 0.1) is 20.3 Å². The lowest BCUT2D eigenvalue weighted by atomic mass is 9.89. The normalized spacial score (nSPS) is 12.5. The molecule has 166 valence electrons. The van der Waals surface area contributed by atoms with E-state index >= 15 is 0 Å². The van der Waals surface area contributed by atoms with E-state index in [1.54, 1.807) is 14.2 Å². The van der Waals surface area contributed by atoms with E-state index in [0.29, 0.717) is 0 Å². The number of benzene rings is 1. The van der Waals surface area contributed by atoms with Gasteiger partial charge in [-0.25, -0.2) is 0 Å². The number of rotatable bonds is 14. The second kappa shape index (κ2) is 16.2. The maximum absolute atomic E-state index is 6.17. The highest BCUT2D eigenvalue weighted by molar-refractivity contribution is 5.67. The lowest BCUT2D eigenvalue weighted by molar-refractivity contribution is 0.179. The summed E-state index contributed by atoms with van der Waals surface area (Å²) < 4.78 is 22.8. The van der Waals surface area contributed by atoms with Gasteiger partial charge in [0.2, 0.25) is 0 Å². The van der Waals surface area contributed by atoms with Crippen molar-refractivity contribution in [2.24, 2.45) is 0 Å². The van der Waals surface area contributed by atoms with Crippen LogP contribution in [0.25, 0.3) is 5.76 Å². The molecule has 0 amide bonds. The lowest BCUT2D eigenvalue weighted by Gasteiger charge is -2.23. The molecule has 0 spiro atoms. The monoisotopic (exact) mass is 406 g/mol. The summed E-state index contributed by atoms with van der Waals surface area (Å²) in [4.78, 5) is 0. The topological polar surface area (TPSA) is 36.9 Å². The second-order valence-electron chi connectivity index (χ2n) is 7.11. The molecule has 1 fully saturated rings. The maximum Gasteiger partial charge on any atom is 0.161 e. The molecule has 1 aromatic carbocycles. The Bertz CT molecular complexity index is 574. The van der Waals surface area contributed by atoms with Crippen molar-refractivity contribution < 1.29 is 18.9 Å². The Kier molecular flexibility index (Phi) is 14.1. The van der Waals surface area contributed by atoms with Crippen LogP contribution in [0.1, 0.15) is 84.1 Å². The van der Waals surface area contributed by atoms with E-state index in [1.807, 2.05) is 19.9 Å². The molecular formula is C25H42O4. The van der Waals surface area contributed by atoms with Gasteiger partial charge in [0, 0.05) is 19.3 Å². The van der Waals surface area contributed by atoms with Crippen molar-refractivity contribution in [1.82, 2.24) is 0 Å². The molecule has 4 nitrogen and oxygen atoms in total. The van der Waals surface area contributed by atoms with Crippen molar-refractivity contribution in [3.63, 3.8) is 0 Å². The lowest BCUT2D eigenvalue weighted by Crippen LogP contribution is -2.07. The smallest absolute Gasteiger partial charge is 0.161 e. The zero-order valence-electron chi connectivity index (χ0n) is 19.4. The maximum atomic E-state index is 6.17. The third kappa shape index (κ3) is 9.12. The Labute approximate surface area is 178 Å². The summed E-state index contributed by atoms with van der Waals surface area (Å²) >= 11 is 0. The highest BCUT2D eigenvalue weighted by Crippen LogP contribution is 2.37. The average molecular weight is 407 g/mol. The summed E-state index contributed by atoms with van der Waals surface area (Å²) in [6, 6.07) is 6.17. The summed E-state index contributed by atoms with van der Waals surface area (Å²) in [5.41, 5.74) is 2.50. The van der Waals surface area contributed by atoms with Gasteiger partial charge >= 0.3 is 0 Å². The first-order chi connectivity index (χ1) is 14.3. The van der Waals surface area contributed by atoms with Gasteiger partial charge in [0.15, 0.2) is 11.5 Å². The molecule has 4 heteroatoms. The summed E-state index contributed by atoms with van der Waals surface area (Å²) in [6.45, 7) is 8.46. The molecule has 0 heterocycles. The van der Waals surface area contributed by atoms with E-state index in [-0.39, 0.29) is 0 Å². The van der Waals surface area contributed by atoms with Crippen molar-refractivity contribution in [2.45, 2.75) is 78.6 Å². The molecule has 29 heavy (non-hydrogen) atoms. The first-order valence-electron chi connectivity index (χ1n) is 11.4. The molecule has 0 aromatic heterocycles. The first kappa shape index (κ1) is 25.4. The van der Waals surface area contributed by atoms with Gasteiger partial charge in [-0.2, -0.15) is 0 Å². The minimum atomic E-state index is 0.722. The van der Waals surface area contributed by atoms with Gasteiger partial charge in [0.25, 0.3) is 0 Å². The summed E-state index contributed by atoms with van der Waals surface area (Å²) in [5.74, 6) is 2.63. The largest absolute Gasteiger partial charge is 0.493 e. The number of allylic oxidation sites excluding steroid dienone is 1. The number of unbranched alkanes of at least 4 members (excludes halogenated alkanes) is 4. The Morgan fingerprint density at radius 2 is 1.59 bits per heavy atom. The van der Waals surface area contributed by atoms with Crippen LogP contribution in [0.4, 0.5) is 0 Å². The predicted molar refractivity (Wildman–Crippen MR) is 122 cm³/mol. The summed E-state index contributed by atoms with van der Waals surface area (Å²) in [5, 5.41) is 0. The minimum absolute atomic E-state index is 0.722. The van der Waals surface area contributed by atoms with Gasteiger partial charge in [0.1, 0.15) is 5.76 Å². The van der Waals surface area contributed by atoms with Gasteiger partial charge < -0.3 is 18.9 Å². The predicted octanol–water partition coefficient (Wildman–Crippen LogP) is 7.02. The molecule has 0 saturated heterocycles. The molecular weight excluding hydrogens is 364 g/mol. The van der Waals surface area contributed by atoms with Gasteiger partial charge in [-0.05, 0) is 62.3 Å². The van der Waals surface area contributed by atoms with E-state index in [4.69, 9.17) is 18.9 Å². The molecule has 1 aliphatic rings. The Morgan fingerprint density at radius 3 is 2.21 bits per heavy atom. The van der Waals surface area contributed by atoms with Gasteiger partial charge in [-0.1, -0.05) is 40.0 Å². The Morgan fingerprint density at radius 1 is 0.862 bits per heavy atom. The molecule has 0 N–H and O–H groups in total. The Hall–Kier alpha value is -1.68. The highest BCUT2D eigenvalue weighted by Gasteiger charge is 2.19. The van der Waals surface area contributed by atoms with Crippen molar-refractivity contribution in [3.8, 4) is 11.5 Å². The van der Waals surface area contributed by atoms with Crippen LogP contribution >= 0.6 is 0 Å². The van der Waals surface area contributed by atoms with Crippen LogP contribution in [0.2, 0.25) is 0 Å². The zero-order valence-corrected chi connectivity index (χ0v) is 19.4. The number of hydrogen-bond donors (Lipinski definition) is 0. The molecule has 2 rings (SSSR count). The second-order valence-corrected chi connectivity index (χ2v) is 7.11. The van der Waals surface area contributed by atoms with Crippen LogP contribution in [-0.4, -0.2) is 34.0 Å². The van der Waals surface area contributed by atoms with Crippen LogP contribution in [0.5, 0.6) is 11.5 Å². The molecule has 0 radical (unpaired) electrons. The summed E-state index contributed by atoms with van der Waals surface area (Å²) in [7, 11) is 3.44. The van der Waals surface area contributed by atoms with E-state index < -0.39 is 0 Å². The van der Waals surface area contributed by atoms with E-state index in [2.05, 4.69) is 19.1 Å². The van der Waals surface area contributed by atoms with E-state index in [9.17, 15) is 0 Å². The minimum Gasteiger partial charge on any atom is -0.493 e. The van der Waals surface area contributed by atoms with Gasteiger partial charge in [-0.3, -0.25) is 0 Å². The first-order valence-corrected chi connectivity index (χ1v) is 11.4. The average Bonchev–Trinajstić information content (AvgIpc) is 2.72. The SMILES string of the molecule is CC.CCCCCCOc1ccc(C(OCCCCOC)=C2CCC2)cc1OC. The Balaban J connectivity index is 0.00000204. The standard InChI is InChI=1S/C23H36O4.C2H6/c1-4-5-6-7-16-26-21-14-13-20(18-22(21)25-3)23(19-11-10-12-19)27-17-9-8-15-24-2;1-2/h13-14,18H,4-12,15-17H2,1-3H3;1-2H3.